The number of nitrogens with zero attached hydrogens (tertiary/aromatic N) is 2. The van der Waals surface area contributed by atoms with Gasteiger partial charge in [0.2, 0.25) is 0 Å². The molecule has 0 bridgehead atoms. The van der Waals surface area contributed by atoms with Gasteiger partial charge in [0, 0.05) is 11.9 Å². The van der Waals surface area contributed by atoms with E-state index in [4.69, 9.17) is 11.6 Å². The maximum atomic E-state index is 6.07. The average molecular weight is 279 g/mol. The molecule has 0 fully saturated rings. The van der Waals surface area contributed by atoms with E-state index < -0.39 is 0 Å². The summed E-state index contributed by atoms with van der Waals surface area (Å²) in [5.41, 5.74) is 12.4. The predicted molar refractivity (Wildman–Crippen MR) is 83.6 cm³/mol. The quantitative estimate of drug-likeness (QED) is 0.387. The number of hydrazine groups is 1. The number of para-hydroxylation sites is 2. The molecule has 5 N–H and O–H groups in total. The number of hydrogen-bond donors (Lipinski definition) is 3. The van der Waals surface area contributed by atoms with Gasteiger partial charge in [-0.25, -0.2) is 10.1 Å². The lowest BCUT2D eigenvalue weighted by molar-refractivity contribution is 0.599. The summed E-state index contributed by atoms with van der Waals surface area (Å²) in [6.07, 6.45) is 1.76. The molecule has 1 unspecified atom stereocenters. The second kappa shape index (κ2) is 5.78. The summed E-state index contributed by atoms with van der Waals surface area (Å²) in [7, 11) is 0. The van der Waals surface area contributed by atoms with Gasteiger partial charge in [-0.1, -0.05) is 36.4 Å². The summed E-state index contributed by atoms with van der Waals surface area (Å²) in [6.45, 7) is 0. The summed E-state index contributed by atoms with van der Waals surface area (Å²) in [5, 5.41) is 4.39. The van der Waals surface area contributed by atoms with E-state index in [0.717, 1.165) is 16.9 Å². The molecule has 0 aliphatic heterocycles. The predicted octanol–water partition coefficient (Wildman–Crippen LogP) is 2.01. The van der Waals surface area contributed by atoms with E-state index in [1.807, 2.05) is 65.3 Å². The molecule has 5 nitrogen and oxygen atoms in total. The highest BCUT2D eigenvalue weighted by Gasteiger charge is 2.19. The number of nitrogen functional groups attached to an aromatic ring is 1. The average Bonchev–Trinajstić information content (AvgIpc) is 3.00. The third kappa shape index (κ3) is 2.52. The van der Waals surface area contributed by atoms with Crippen molar-refractivity contribution in [3.8, 4) is 5.69 Å². The van der Waals surface area contributed by atoms with Gasteiger partial charge in [-0.2, -0.15) is 5.10 Å². The number of anilines is 1. The van der Waals surface area contributed by atoms with E-state index in [9.17, 15) is 0 Å². The van der Waals surface area contributed by atoms with Crippen molar-refractivity contribution in [3.05, 3.63) is 78.1 Å². The normalized spacial score (nSPS) is 12.2. The lowest BCUT2D eigenvalue weighted by atomic mass is 10.0. The number of aromatic nitrogens is 2. The van der Waals surface area contributed by atoms with Gasteiger partial charge in [0.25, 0.3) is 0 Å². The molecule has 0 aliphatic carbocycles. The number of benzene rings is 2. The second-order valence-electron chi connectivity index (χ2n) is 4.73. The zero-order valence-corrected chi connectivity index (χ0v) is 11.5. The van der Waals surface area contributed by atoms with Crippen LogP contribution in [0.1, 0.15) is 17.3 Å². The monoisotopic (exact) mass is 279 g/mol. The molecular formula is C16H17N5. The Hall–Kier alpha value is -2.63. The molecule has 0 amide bonds. The minimum Gasteiger partial charge on any atom is -0.398 e. The molecule has 0 saturated heterocycles. The number of nitrogens with one attached hydrogen (secondary N) is 1. The van der Waals surface area contributed by atoms with E-state index in [2.05, 4.69) is 10.5 Å². The molecule has 1 atom stereocenters. The standard InChI is InChI=1S/C16H17N5/c17-14-9-5-4-8-13(14)16(20-18)15-10-11-19-21(15)12-6-2-1-3-7-12/h1-11,16,20H,17-18H2. The van der Waals surface area contributed by atoms with E-state index in [0.29, 0.717) is 5.69 Å². The van der Waals surface area contributed by atoms with Crippen molar-refractivity contribution in [1.29, 1.82) is 0 Å². The van der Waals surface area contributed by atoms with Crippen molar-refractivity contribution < 1.29 is 0 Å². The topological polar surface area (TPSA) is 81.9 Å². The van der Waals surface area contributed by atoms with Gasteiger partial charge in [0.1, 0.15) is 0 Å². The van der Waals surface area contributed by atoms with Crippen LogP contribution in [0, 0.1) is 0 Å². The van der Waals surface area contributed by atoms with Crippen LogP contribution < -0.4 is 17.0 Å². The Morgan fingerprint density at radius 1 is 0.952 bits per heavy atom. The van der Waals surface area contributed by atoms with Crippen molar-refractivity contribution in [2.75, 3.05) is 5.73 Å². The fourth-order valence-electron chi connectivity index (χ4n) is 2.43. The van der Waals surface area contributed by atoms with E-state index in [1.54, 1.807) is 6.20 Å². The van der Waals surface area contributed by atoms with Crippen molar-refractivity contribution in [3.63, 3.8) is 0 Å². The first-order chi connectivity index (χ1) is 10.3. The first kappa shape index (κ1) is 13.4. The number of hydrogen-bond acceptors (Lipinski definition) is 4. The Labute approximate surface area is 123 Å². The van der Waals surface area contributed by atoms with Crippen LogP contribution >= 0.6 is 0 Å². The molecule has 0 aliphatic rings. The summed E-state index contributed by atoms with van der Waals surface area (Å²) >= 11 is 0. The Bertz CT molecular complexity index is 720. The summed E-state index contributed by atoms with van der Waals surface area (Å²) in [5.74, 6) is 5.77. The largest absolute Gasteiger partial charge is 0.398 e. The fourth-order valence-corrected chi connectivity index (χ4v) is 2.43. The highest BCUT2D eigenvalue weighted by Crippen LogP contribution is 2.27. The molecule has 5 heteroatoms. The Kier molecular flexibility index (Phi) is 3.68. The van der Waals surface area contributed by atoms with E-state index in [-0.39, 0.29) is 6.04 Å². The summed E-state index contributed by atoms with van der Waals surface area (Å²) < 4.78 is 1.86. The van der Waals surface area contributed by atoms with Crippen LogP contribution in [0.25, 0.3) is 5.69 Å². The minimum atomic E-state index is -0.228. The van der Waals surface area contributed by atoms with Gasteiger partial charge in [0.15, 0.2) is 0 Å². The molecule has 0 saturated carbocycles. The van der Waals surface area contributed by atoms with Gasteiger partial charge in [-0.15, -0.1) is 0 Å². The van der Waals surface area contributed by atoms with E-state index >= 15 is 0 Å². The van der Waals surface area contributed by atoms with Gasteiger partial charge >= 0.3 is 0 Å². The molecule has 2 aromatic carbocycles. The fraction of sp³-hybridized carbons (Fsp3) is 0.0625. The lowest BCUT2D eigenvalue weighted by Crippen LogP contribution is -2.31. The molecule has 0 radical (unpaired) electrons. The minimum absolute atomic E-state index is 0.228. The Balaban J connectivity index is 2.08. The van der Waals surface area contributed by atoms with Crippen LogP contribution in [0.2, 0.25) is 0 Å². The Morgan fingerprint density at radius 3 is 2.38 bits per heavy atom. The van der Waals surface area contributed by atoms with E-state index in [1.165, 1.54) is 0 Å². The van der Waals surface area contributed by atoms with Gasteiger partial charge < -0.3 is 5.73 Å². The van der Waals surface area contributed by atoms with Crippen LogP contribution in [0.3, 0.4) is 0 Å². The zero-order valence-electron chi connectivity index (χ0n) is 11.5. The second-order valence-corrected chi connectivity index (χ2v) is 4.73. The zero-order chi connectivity index (χ0) is 14.7. The number of rotatable bonds is 4. The van der Waals surface area contributed by atoms with Gasteiger partial charge in [-0.3, -0.25) is 5.84 Å². The SMILES string of the molecule is NNC(c1ccccc1N)c1ccnn1-c1ccccc1. The van der Waals surface area contributed by atoms with Crippen LogP contribution in [0.5, 0.6) is 0 Å². The molecule has 3 aromatic rings. The first-order valence-electron chi connectivity index (χ1n) is 6.71. The third-order valence-electron chi connectivity index (χ3n) is 3.44. The Morgan fingerprint density at radius 2 is 1.67 bits per heavy atom. The van der Waals surface area contributed by atoms with Crippen molar-refractivity contribution in [2.24, 2.45) is 5.84 Å². The summed E-state index contributed by atoms with van der Waals surface area (Å²) in [4.78, 5) is 0. The van der Waals surface area contributed by atoms with Crippen LogP contribution in [-0.4, -0.2) is 9.78 Å². The van der Waals surface area contributed by atoms with Gasteiger partial charge in [0.05, 0.1) is 17.4 Å². The molecule has 0 spiro atoms. The molecule has 1 heterocycles. The molecule has 1 aromatic heterocycles. The number of nitrogens with two attached hydrogens (primary N) is 2. The molecule has 3 rings (SSSR count). The lowest BCUT2D eigenvalue weighted by Gasteiger charge is -2.19. The van der Waals surface area contributed by atoms with Gasteiger partial charge in [-0.05, 0) is 29.8 Å². The van der Waals surface area contributed by atoms with Crippen molar-refractivity contribution in [1.82, 2.24) is 15.2 Å². The van der Waals surface area contributed by atoms with Crippen molar-refractivity contribution in [2.45, 2.75) is 6.04 Å². The van der Waals surface area contributed by atoms with Crippen LogP contribution in [0.15, 0.2) is 66.9 Å². The highest BCUT2D eigenvalue weighted by atomic mass is 15.3. The first-order valence-corrected chi connectivity index (χ1v) is 6.71. The third-order valence-corrected chi connectivity index (χ3v) is 3.44. The maximum absolute atomic E-state index is 6.07. The summed E-state index contributed by atoms with van der Waals surface area (Å²) in [6, 6.07) is 19.3. The van der Waals surface area contributed by atoms with Crippen molar-refractivity contribution >= 4 is 5.69 Å². The molecule has 106 valence electrons. The van der Waals surface area contributed by atoms with Crippen LogP contribution in [-0.2, 0) is 0 Å². The molecular weight excluding hydrogens is 262 g/mol. The highest BCUT2D eigenvalue weighted by molar-refractivity contribution is 5.51. The maximum Gasteiger partial charge on any atom is 0.0902 e. The van der Waals surface area contributed by atoms with Crippen LogP contribution in [0.4, 0.5) is 5.69 Å². The smallest absolute Gasteiger partial charge is 0.0902 e. The molecule has 21 heavy (non-hydrogen) atoms.